The van der Waals surface area contributed by atoms with Crippen molar-refractivity contribution in [3.05, 3.63) is 70.8 Å². The monoisotopic (exact) mass is 679 g/mol. The summed E-state index contributed by atoms with van der Waals surface area (Å²) in [7, 11) is 0. The summed E-state index contributed by atoms with van der Waals surface area (Å²) in [4.78, 5) is 0. The van der Waals surface area contributed by atoms with Crippen molar-refractivity contribution >= 4 is 0 Å². The lowest BCUT2D eigenvalue weighted by Crippen LogP contribution is -2.03. The first-order valence-electron chi connectivity index (χ1n) is 21.0. The second-order valence-electron chi connectivity index (χ2n) is 18.5. The second kappa shape index (κ2) is 30.1. The van der Waals surface area contributed by atoms with E-state index in [9.17, 15) is 0 Å². The van der Waals surface area contributed by atoms with Gasteiger partial charge in [0.1, 0.15) is 0 Å². The zero-order chi connectivity index (χ0) is 37.9. The fraction of sp³-hybridized carbons (Fsp3) is 0.755. The number of rotatable bonds is 18. The molecule has 0 fully saturated rings. The smallest absolute Gasteiger partial charge is 0.0219 e. The summed E-state index contributed by atoms with van der Waals surface area (Å²) in [6.07, 6.45) is 14.9. The molecule has 0 bridgehead atoms. The van der Waals surface area contributed by atoms with Gasteiger partial charge in [-0.25, -0.2) is 0 Å². The molecule has 2 rings (SSSR count). The van der Waals surface area contributed by atoms with E-state index in [4.69, 9.17) is 0 Å². The Bertz CT molecular complexity index is 932. The molecule has 0 aliphatic rings. The summed E-state index contributed by atoms with van der Waals surface area (Å²) in [5, 5.41) is 0. The van der Waals surface area contributed by atoms with Crippen molar-refractivity contribution in [1.29, 1.82) is 0 Å². The van der Waals surface area contributed by atoms with Crippen LogP contribution < -0.4 is 0 Å². The molecule has 2 aromatic rings. The molecular weight excluding hydrogens is 589 g/mol. The lowest BCUT2D eigenvalue weighted by Gasteiger charge is -2.15. The van der Waals surface area contributed by atoms with Gasteiger partial charge in [0, 0.05) is 0 Å². The van der Waals surface area contributed by atoms with Gasteiger partial charge in [0.25, 0.3) is 0 Å². The molecule has 0 saturated heterocycles. The number of unbranched alkanes of at least 4 members (excludes halogenated alkanes) is 2. The zero-order valence-corrected chi connectivity index (χ0v) is 36.6. The molecule has 0 amide bonds. The van der Waals surface area contributed by atoms with E-state index in [1.165, 1.54) is 92.9 Å². The van der Waals surface area contributed by atoms with Crippen LogP contribution >= 0.6 is 0 Å². The molecular formula is C49H90. The van der Waals surface area contributed by atoms with Gasteiger partial charge in [0.2, 0.25) is 0 Å². The Morgan fingerprint density at radius 1 is 0.347 bits per heavy atom. The van der Waals surface area contributed by atoms with Crippen LogP contribution in [0.3, 0.4) is 0 Å². The molecule has 0 heteroatoms. The number of hydrogen-bond acceptors (Lipinski definition) is 0. The maximum absolute atomic E-state index is 2.36. The van der Waals surface area contributed by atoms with E-state index in [-0.39, 0.29) is 0 Å². The van der Waals surface area contributed by atoms with E-state index in [0.717, 1.165) is 41.4 Å². The minimum Gasteiger partial charge on any atom is -0.0628 e. The fourth-order valence-corrected chi connectivity index (χ4v) is 6.27. The van der Waals surface area contributed by atoms with Gasteiger partial charge in [-0.05, 0) is 108 Å². The van der Waals surface area contributed by atoms with Crippen LogP contribution in [0.25, 0.3) is 0 Å². The standard InChI is InChI=1S/C16H26.C13H20.2C10H22/c1-13(2)7-5-6-8-15-9-11-16(12-10-15)14(3)4;1-10(2)9-12-5-7-13(8-6-12)11(3)4;1-8(2)6-10(5)7-9(3)4;1-9(2)7-5-6-8-10(3)4/h9-14H,5-8H2,1-4H3;5-8,10-11H,9H2,1-4H3;8-10H,6-7H2,1-5H3;9-10H,5-8H2,1-4H3. The largest absolute Gasteiger partial charge is 0.0628 e. The Kier molecular flexibility index (Phi) is 30.4. The molecule has 0 saturated carbocycles. The lowest BCUT2D eigenvalue weighted by atomic mass is 9.91. The summed E-state index contributed by atoms with van der Waals surface area (Å²) in [6.45, 7) is 38.9. The highest BCUT2D eigenvalue weighted by molar-refractivity contribution is 5.25. The van der Waals surface area contributed by atoms with Gasteiger partial charge < -0.3 is 0 Å². The van der Waals surface area contributed by atoms with Crippen molar-refractivity contribution in [3.8, 4) is 0 Å². The Morgan fingerprint density at radius 3 is 0.959 bits per heavy atom. The van der Waals surface area contributed by atoms with Crippen LogP contribution in [0.4, 0.5) is 0 Å². The Balaban J connectivity index is 0. The third-order valence-electron chi connectivity index (χ3n) is 8.99. The van der Waals surface area contributed by atoms with Crippen molar-refractivity contribution in [1.82, 2.24) is 0 Å². The van der Waals surface area contributed by atoms with Crippen LogP contribution in [0.5, 0.6) is 0 Å². The zero-order valence-electron chi connectivity index (χ0n) is 36.6. The van der Waals surface area contributed by atoms with Gasteiger partial charge in [-0.1, -0.05) is 205 Å². The van der Waals surface area contributed by atoms with Crippen LogP contribution in [0.15, 0.2) is 48.5 Å². The van der Waals surface area contributed by atoms with E-state index >= 15 is 0 Å². The van der Waals surface area contributed by atoms with Crippen LogP contribution in [0.1, 0.15) is 210 Å². The van der Waals surface area contributed by atoms with Crippen molar-refractivity contribution in [2.24, 2.45) is 41.4 Å². The Hall–Kier alpha value is -1.56. The predicted octanol–water partition coefficient (Wildman–Crippen LogP) is 16.8. The third-order valence-corrected chi connectivity index (χ3v) is 8.99. The normalized spacial score (nSPS) is 11.5. The molecule has 0 heterocycles. The van der Waals surface area contributed by atoms with Crippen molar-refractivity contribution in [3.63, 3.8) is 0 Å². The third kappa shape index (κ3) is 33.4. The Morgan fingerprint density at radius 2 is 0.673 bits per heavy atom. The number of aryl methyl sites for hydroxylation is 1. The van der Waals surface area contributed by atoms with Gasteiger partial charge in [0.15, 0.2) is 0 Å². The first kappa shape index (κ1) is 49.6. The van der Waals surface area contributed by atoms with Gasteiger partial charge >= 0.3 is 0 Å². The van der Waals surface area contributed by atoms with Crippen LogP contribution in [0.2, 0.25) is 0 Å². The lowest BCUT2D eigenvalue weighted by molar-refractivity contribution is 0.368. The second-order valence-corrected chi connectivity index (χ2v) is 18.5. The fourth-order valence-electron chi connectivity index (χ4n) is 6.27. The van der Waals surface area contributed by atoms with Gasteiger partial charge in [0.05, 0.1) is 0 Å². The molecule has 0 radical (unpaired) electrons. The van der Waals surface area contributed by atoms with E-state index in [1.54, 1.807) is 0 Å². The van der Waals surface area contributed by atoms with Gasteiger partial charge in [-0.2, -0.15) is 0 Å². The molecule has 2 aromatic carbocycles. The maximum Gasteiger partial charge on any atom is -0.0219 e. The van der Waals surface area contributed by atoms with E-state index in [2.05, 4.69) is 166 Å². The summed E-state index contributed by atoms with van der Waals surface area (Å²) in [5.41, 5.74) is 5.84. The summed E-state index contributed by atoms with van der Waals surface area (Å²) < 4.78 is 0. The molecule has 0 atom stereocenters. The quantitative estimate of drug-likeness (QED) is 0.138. The highest BCUT2D eigenvalue weighted by Gasteiger charge is 2.06. The topological polar surface area (TPSA) is 0 Å². The summed E-state index contributed by atoms with van der Waals surface area (Å²) in [6, 6.07) is 18.2. The van der Waals surface area contributed by atoms with Gasteiger partial charge in [-0.3, -0.25) is 0 Å². The Labute approximate surface area is 311 Å². The molecule has 0 N–H and O–H groups in total. The first-order valence-corrected chi connectivity index (χ1v) is 21.0. The maximum atomic E-state index is 2.36. The van der Waals surface area contributed by atoms with Crippen LogP contribution in [-0.2, 0) is 12.8 Å². The minimum absolute atomic E-state index is 0.646. The van der Waals surface area contributed by atoms with E-state index in [1.807, 2.05) is 0 Å². The molecule has 0 aliphatic carbocycles. The average molecular weight is 679 g/mol. The minimum atomic E-state index is 0.646. The van der Waals surface area contributed by atoms with Crippen molar-refractivity contribution < 1.29 is 0 Å². The molecule has 49 heavy (non-hydrogen) atoms. The van der Waals surface area contributed by atoms with Crippen molar-refractivity contribution in [2.45, 2.75) is 200 Å². The van der Waals surface area contributed by atoms with Crippen molar-refractivity contribution in [2.75, 3.05) is 0 Å². The summed E-state index contributed by atoms with van der Waals surface area (Å²) in [5.74, 6) is 7.35. The molecule has 0 spiro atoms. The first-order chi connectivity index (χ1) is 22.8. The SMILES string of the molecule is CC(C)CC(C)CC(C)C.CC(C)CCCCC(C)C.CC(C)CCCCc1ccc(C(C)C)cc1.CC(C)Cc1ccc(C(C)C)cc1. The highest BCUT2D eigenvalue weighted by Crippen LogP contribution is 2.19. The predicted molar refractivity (Wildman–Crippen MR) is 228 cm³/mol. The summed E-state index contributed by atoms with van der Waals surface area (Å²) >= 11 is 0. The van der Waals surface area contributed by atoms with Crippen LogP contribution in [0, 0.1) is 41.4 Å². The molecule has 0 nitrogen and oxygen atoms in total. The number of benzene rings is 2. The molecule has 0 aromatic heterocycles. The molecule has 286 valence electrons. The average Bonchev–Trinajstić information content (AvgIpc) is 2.98. The van der Waals surface area contributed by atoms with Gasteiger partial charge in [-0.15, -0.1) is 0 Å². The molecule has 0 aliphatic heterocycles. The molecule has 0 unspecified atom stereocenters. The van der Waals surface area contributed by atoms with E-state index < -0.39 is 0 Å². The number of hydrogen-bond donors (Lipinski definition) is 0. The van der Waals surface area contributed by atoms with E-state index in [0.29, 0.717) is 11.8 Å². The van der Waals surface area contributed by atoms with Crippen LogP contribution in [-0.4, -0.2) is 0 Å². The highest BCUT2D eigenvalue weighted by atomic mass is 14.1.